The molecule has 0 aliphatic carbocycles. The average Bonchev–Trinajstić information content (AvgIpc) is 1.63. The van der Waals surface area contributed by atoms with Crippen molar-refractivity contribution < 1.29 is 4.79 Å². The number of nitrogens with two attached hydrogens (primary N) is 1. The van der Waals surface area contributed by atoms with Crippen LogP contribution in [0.15, 0.2) is 0 Å². The summed E-state index contributed by atoms with van der Waals surface area (Å²) < 4.78 is 0. The molecule has 0 saturated heterocycles. The third kappa shape index (κ3) is 4.15. The second kappa shape index (κ2) is 3.62. The van der Waals surface area contributed by atoms with E-state index in [0.29, 0.717) is 5.92 Å². The van der Waals surface area contributed by atoms with Crippen LogP contribution in [-0.2, 0) is 4.79 Å². The second-order valence-electron chi connectivity index (χ2n) is 2.85. The highest BCUT2D eigenvalue weighted by atomic mass is 16.1. The van der Waals surface area contributed by atoms with E-state index < -0.39 is 0 Å². The van der Waals surface area contributed by atoms with Crippen molar-refractivity contribution in [2.75, 3.05) is 0 Å². The first-order chi connectivity index (χ1) is 4.04. The van der Waals surface area contributed by atoms with Gasteiger partial charge in [-0.2, -0.15) is 0 Å². The first-order valence-corrected chi connectivity index (χ1v) is 3.30. The molecule has 0 aliphatic rings. The molecule has 0 fully saturated rings. The third-order valence-corrected chi connectivity index (χ3v) is 1.25. The lowest BCUT2D eigenvalue weighted by molar-refractivity contribution is -0.118. The van der Waals surface area contributed by atoms with E-state index in [4.69, 9.17) is 5.73 Å². The number of hydrogen-bond donors (Lipinski definition) is 1. The summed E-state index contributed by atoms with van der Waals surface area (Å²) in [7, 11) is 0. The summed E-state index contributed by atoms with van der Waals surface area (Å²) in [6.07, 6.45) is 0.801. The van der Waals surface area contributed by atoms with Gasteiger partial charge in [0.25, 0.3) is 0 Å². The van der Waals surface area contributed by atoms with Crippen LogP contribution in [0.25, 0.3) is 0 Å². The summed E-state index contributed by atoms with van der Waals surface area (Å²) >= 11 is 0. The Balaban J connectivity index is 3.50. The van der Waals surface area contributed by atoms with Crippen molar-refractivity contribution in [3.63, 3.8) is 0 Å². The molecule has 9 heavy (non-hydrogen) atoms. The monoisotopic (exact) mass is 129 g/mol. The van der Waals surface area contributed by atoms with Crippen LogP contribution in [0.1, 0.15) is 27.2 Å². The van der Waals surface area contributed by atoms with Crippen molar-refractivity contribution >= 4 is 5.78 Å². The molecule has 0 aromatic rings. The third-order valence-electron chi connectivity index (χ3n) is 1.25. The normalized spacial score (nSPS) is 13.9. The Hall–Kier alpha value is -0.370. The quantitative estimate of drug-likeness (QED) is 0.616. The van der Waals surface area contributed by atoms with Crippen LogP contribution < -0.4 is 5.73 Å². The molecule has 0 saturated carbocycles. The highest BCUT2D eigenvalue weighted by Crippen LogP contribution is 2.02. The maximum absolute atomic E-state index is 10.6. The van der Waals surface area contributed by atoms with Gasteiger partial charge >= 0.3 is 0 Å². The van der Waals surface area contributed by atoms with E-state index in [-0.39, 0.29) is 11.8 Å². The molecule has 0 unspecified atom stereocenters. The highest BCUT2D eigenvalue weighted by Gasteiger charge is 2.08. The van der Waals surface area contributed by atoms with E-state index in [1.54, 1.807) is 0 Å². The van der Waals surface area contributed by atoms with E-state index >= 15 is 0 Å². The van der Waals surface area contributed by atoms with Gasteiger partial charge in [0.2, 0.25) is 0 Å². The van der Waals surface area contributed by atoms with Gasteiger partial charge in [-0.3, -0.25) is 4.79 Å². The molecule has 0 aromatic carbocycles. The Bertz CT molecular complexity index is 99.1. The lowest BCUT2D eigenvalue weighted by Crippen LogP contribution is -2.29. The van der Waals surface area contributed by atoms with Crippen molar-refractivity contribution in [3.8, 4) is 0 Å². The molecule has 0 heterocycles. The Kier molecular flexibility index (Phi) is 3.47. The van der Waals surface area contributed by atoms with Gasteiger partial charge in [-0.05, 0) is 19.3 Å². The van der Waals surface area contributed by atoms with E-state index in [1.807, 2.05) is 0 Å². The van der Waals surface area contributed by atoms with Crippen LogP contribution >= 0.6 is 0 Å². The molecule has 0 amide bonds. The summed E-state index contributed by atoms with van der Waals surface area (Å²) in [6, 6.07) is -0.245. The zero-order chi connectivity index (χ0) is 7.44. The van der Waals surface area contributed by atoms with E-state index in [2.05, 4.69) is 13.8 Å². The lowest BCUT2D eigenvalue weighted by Gasteiger charge is -2.08. The fourth-order valence-corrected chi connectivity index (χ4v) is 0.674. The van der Waals surface area contributed by atoms with Crippen molar-refractivity contribution in [2.24, 2.45) is 11.7 Å². The first-order valence-electron chi connectivity index (χ1n) is 3.30. The lowest BCUT2D eigenvalue weighted by atomic mass is 10.0. The molecule has 1 atom stereocenters. The highest BCUT2D eigenvalue weighted by molar-refractivity contribution is 5.81. The fourth-order valence-electron chi connectivity index (χ4n) is 0.674. The molecule has 0 radical (unpaired) electrons. The van der Waals surface area contributed by atoms with Gasteiger partial charge in [0.15, 0.2) is 0 Å². The minimum Gasteiger partial charge on any atom is -0.322 e. The fraction of sp³-hybridized carbons (Fsp3) is 0.857. The molecule has 54 valence electrons. The molecule has 2 nitrogen and oxygen atoms in total. The SMILES string of the molecule is CC(=O)[C@@H](N)CC(C)C. The Morgan fingerprint density at radius 3 is 2.11 bits per heavy atom. The summed E-state index contributed by atoms with van der Waals surface area (Å²) in [5.41, 5.74) is 5.47. The first kappa shape index (κ1) is 8.63. The standard InChI is InChI=1S/C7H15NO/c1-5(2)4-7(8)6(3)9/h5,7H,4,8H2,1-3H3/t7-/m0/s1. The van der Waals surface area contributed by atoms with Gasteiger partial charge in [0, 0.05) is 0 Å². The zero-order valence-electron chi connectivity index (χ0n) is 6.35. The second-order valence-corrected chi connectivity index (χ2v) is 2.85. The summed E-state index contributed by atoms with van der Waals surface area (Å²) in [5, 5.41) is 0. The number of hydrogen-bond acceptors (Lipinski definition) is 2. The number of carbonyl (C=O) groups is 1. The van der Waals surface area contributed by atoms with E-state index in [1.165, 1.54) is 6.92 Å². The maximum atomic E-state index is 10.6. The van der Waals surface area contributed by atoms with Crippen LogP contribution in [0.4, 0.5) is 0 Å². The minimum absolute atomic E-state index is 0.0868. The summed E-state index contributed by atoms with van der Waals surface area (Å²) in [5.74, 6) is 0.604. The van der Waals surface area contributed by atoms with Crippen LogP contribution in [0.5, 0.6) is 0 Å². The molecular formula is C7H15NO. The molecule has 0 bridgehead atoms. The Morgan fingerprint density at radius 1 is 1.56 bits per heavy atom. The molecule has 2 heteroatoms. The molecule has 0 rings (SSSR count). The Morgan fingerprint density at radius 2 is 2.00 bits per heavy atom. The summed E-state index contributed by atoms with van der Waals surface area (Å²) in [6.45, 7) is 5.65. The van der Waals surface area contributed by atoms with Gasteiger partial charge < -0.3 is 5.73 Å². The average molecular weight is 129 g/mol. The van der Waals surface area contributed by atoms with Gasteiger partial charge in [-0.1, -0.05) is 13.8 Å². The largest absolute Gasteiger partial charge is 0.322 e. The zero-order valence-corrected chi connectivity index (χ0v) is 6.35. The smallest absolute Gasteiger partial charge is 0.146 e. The van der Waals surface area contributed by atoms with Gasteiger partial charge in [0.1, 0.15) is 5.78 Å². The number of ketones is 1. The number of rotatable bonds is 3. The van der Waals surface area contributed by atoms with Crippen LogP contribution in [0.2, 0.25) is 0 Å². The van der Waals surface area contributed by atoms with Crippen molar-refractivity contribution in [3.05, 3.63) is 0 Å². The van der Waals surface area contributed by atoms with Crippen LogP contribution in [0.3, 0.4) is 0 Å². The van der Waals surface area contributed by atoms with Crippen molar-refractivity contribution in [1.82, 2.24) is 0 Å². The topological polar surface area (TPSA) is 43.1 Å². The molecule has 0 aliphatic heterocycles. The molecule has 0 aromatic heterocycles. The van der Waals surface area contributed by atoms with Crippen molar-refractivity contribution in [1.29, 1.82) is 0 Å². The predicted molar refractivity (Wildman–Crippen MR) is 38.1 cm³/mol. The number of carbonyl (C=O) groups excluding carboxylic acids is 1. The van der Waals surface area contributed by atoms with Crippen LogP contribution in [-0.4, -0.2) is 11.8 Å². The maximum Gasteiger partial charge on any atom is 0.146 e. The van der Waals surface area contributed by atoms with Crippen molar-refractivity contribution in [2.45, 2.75) is 33.2 Å². The van der Waals surface area contributed by atoms with E-state index in [0.717, 1.165) is 6.42 Å². The molecule has 2 N–H and O–H groups in total. The predicted octanol–water partition coefficient (Wildman–Crippen LogP) is 0.949. The van der Waals surface area contributed by atoms with Gasteiger partial charge in [-0.25, -0.2) is 0 Å². The Labute approximate surface area is 56.4 Å². The molecular weight excluding hydrogens is 114 g/mol. The van der Waals surface area contributed by atoms with E-state index in [9.17, 15) is 4.79 Å². The number of Topliss-reactive ketones (excluding diaryl/α,β-unsaturated/α-hetero) is 1. The van der Waals surface area contributed by atoms with Crippen LogP contribution in [0, 0.1) is 5.92 Å². The molecule has 0 spiro atoms. The minimum atomic E-state index is -0.245. The summed E-state index contributed by atoms with van der Waals surface area (Å²) in [4.78, 5) is 10.6. The van der Waals surface area contributed by atoms with Gasteiger partial charge in [0.05, 0.1) is 6.04 Å². The van der Waals surface area contributed by atoms with Gasteiger partial charge in [-0.15, -0.1) is 0 Å².